The van der Waals surface area contributed by atoms with E-state index in [1.807, 2.05) is 0 Å². The van der Waals surface area contributed by atoms with Gasteiger partial charge >= 0.3 is 6.18 Å². The van der Waals surface area contributed by atoms with Gasteiger partial charge in [-0.3, -0.25) is 9.48 Å². The number of hydrogen-bond donors (Lipinski definition) is 2. The third-order valence-electron chi connectivity index (χ3n) is 4.10. The molecule has 12 heteroatoms. The molecule has 3 rings (SSSR count). The first-order chi connectivity index (χ1) is 12.6. The molecule has 2 N–H and O–H groups in total. The second-order valence-corrected chi connectivity index (χ2v) is 9.14. The number of sulfonamides is 1. The molecule has 0 saturated carbocycles. The molecule has 1 aliphatic heterocycles. The van der Waals surface area contributed by atoms with Crippen molar-refractivity contribution in [1.29, 1.82) is 0 Å². The van der Waals surface area contributed by atoms with E-state index in [0.717, 1.165) is 23.8 Å². The van der Waals surface area contributed by atoms with Crippen molar-refractivity contribution in [2.24, 2.45) is 7.05 Å². The molecule has 1 amide bonds. The van der Waals surface area contributed by atoms with Crippen LogP contribution in [0.3, 0.4) is 0 Å². The standard InChI is InChI=1S/C15H17F3N4O3S2/c1-22-12(15(16,17)18)8-10(20-22)11-5-6-13(26-11)27(24,25)21-9-4-2-3-7-19-14(9)23/h5-6,8-9,21H,2-4,7H2,1H3,(H,19,23)/t9-/m0/s1. The Bertz CT molecular complexity index is 950. The van der Waals surface area contributed by atoms with Gasteiger partial charge in [-0.2, -0.15) is 23.0 Å². The zero-order valence-corrected chi connectivity index (χ0v) is 15.8. The van der Waals surface area contributed by atoms with Gasteiger partial charge in [0.1, 0.15) is 21.6 Å². The smallest absolute Gasteiger partial charge is 0.355 e. The molecular weight excluding hydrogens is 405 g/mol. The van der Waals surface area contributed by atoms with E-state index >= 15 is 0 Å². The Morgan fingerprint density at radius 1 is 1.33 bits per heavy atom. The Balaban J connectivity index is 1.83. The second-order valence-electron chi connectivity index (χ2n) is 6.12. The number of halogens is 3. The molecule has 0 bridgehead atoms. The van der Waals surface area contributed by atoms with Crippen molar-refractivity contribution in [2.45, 2.75) is 35.7 Å². The van der Waals surface area contributed by atoms with E-state index in [4.69, 9.17) is 0 Å². The molecule has 2 aromatic rings. The van der Waals surface area contributed by atoms with E-state index in [9.17, 15) is 26.4 Å². The van der Waals surface area contributed by atoms with Crippen molar-refractivity contribution >= 4 is 27.3 Å². The summed E-state index contributed by atoms with van der Waals surface area (Å²) in [5, 5.41) is 6.45. The van der Waals surface area contributed by atoms with Gasteiger partial charge in [0.15, 0.2) is 0 Å². The minimum atomic E-state index is -4.55. The molecule has 1 atom stereocenters. The monoisotopic (exact) mass is 422 g/mol. The van der Waals surface area contributed by atoms with Crippen molar-refractivity contribution in [2.75, 3.05) is 6.54 Å². The maximum atomic E-state index is 12.9. The van der Waals surface area contributed by atoms with E-state index in [1.54, 1.807) is 0 Å². The largest absolute Gasteiger partial charge is 0.433 e. The molecule has 0 radical (unpaired) electrons. The van der Waals surface area contributed by atoms with Crippen LogP contribution in [0, 0.1) is 0 Å². The number of nitrogens with zero attached hydrogens (tertiary/aromatic N) is 2. The first-order valence-electron chi connectivity index (χ1n) is 8.09. The molecule has 0 spiro atoms. The van der Waals surface area contributed by atoms with E-state index in [2.05, 4.69) is 15.1 Å². The molecule has 148 valence electrons. The topological polar surface area (TPSA) is 93.1 Å². The zero-order valence-electron chi connectivity index (χ0n) is 14.2. The van der Waals surface area contributed by atoms with Crippen molar-refractivity contribution in [3.8, 4) is 10.6 Å². The molecule has 27 heavy (non-hydrogen) atoms. The number of carbonyl (C=O) groups is 1. The first kappa shape index (κ1) is 19.8. The van der Waals surface area contributed by atoms with Gasteiger partial charge in [0, 0.05) is 13.6 Å². The molecule has 2 aromatic heterocycles. The van der Waals surface area contributed by atoms with Gasteiger partial charge in [0.2, 0.25) is 5.91 Å². The Hall–Kier alpha value is -1.92. The molecule has 0 aliphatic carbocycles. The van der Waals surface area contributed by atoms with Crippen LogP contribution in [0.2, 0.25) is 0 Å². The minimum absolute atomic E-state index is 0.0310. The van der Waals surface area contributed by atoms with Crippen molar-refractivity contribution in [1.82, 2.24) is 19.8 Å². The average Bonchev–Trinajstić information content (AvgIpc) is 3.15. The minimum Gasteiger partial charge on any atom is -0.355 e. The summed E-state index contributed by atoms with van der Waals surface area (Å²) >= 11 is 0.795. The third-order valence-corrected chi connectivity index (χ3v) is 7.17. The molecule has 0 aromatic carbocycles. The fourth-order valence-corrected chi connectivity index (χ4v) is 5.26. The number of aryl methyl sites for hydroxylation is 1. The number of nitrogens with one attached hydrogen (secondary N) is 2. The molecule has 7 nitrogen and oxygen atoms in total. The molecule has 3 heterocycles. The van der Waals surface area contributed by atoms with E-state index in [-0.39, 0.29) is 20.7 Å². The van der Waals surface area contributed by atoms with Gasteiger partial charge in [-0.05, 0) is 37.5 Å². The van der Waals surface area contributed by atoms with E-state index in [0.29, 0.717) is 24.1 Å². The lowest BCUT2D eigenvalue weighted by atomic mass is 10.1. The summed E-state index contributed by atoms with van der Waals surface area (Å²) in [6, 6.07) is 2.69. The maximum absolute atomic E-state index is 12.9. The summed E-state index contributed by atoms with van der Waals surface area (Å²) in [4.78, 5) is 12.2. The van der Waals surface area contributed by atoms with Crippen LogP contribution >= 0.6 is 11.3 Å². The van der Waals surface area contributed by atoms with Crippen LogP contribution in [0.25, 0.3) is 10.6 Å². The highest BCUT2D eigenvalue weighted by atomic mass is 32.2. The Kier molecular flexibility index (Phi) is 5.32. The Morgan fingerprint density at radius 2 is 2.07 bits per heavy atom. The summed E-state index contributed by atoms with van der Waals surface area (Å²) in [5.41, 5.74) is -0.896. The van der Waals surface area contributed by atoms with Crippen molar-refractivity contribution < 1.29 is 26.4 Å². The normalized spacial score (nSPS) is 19.0. The third kappa shape index (κ3) is 4.33. The Labute approximate surface area is 157 Å². The van der Waals surface area contributed by atoms with Crippen LogP contribution in [-0.4, -0.2) is 36.7 Å². The summed E-state index contributed by atoms with van der Waals surface area (Å²) in [7, 11) is -2.81. The van der Waals surface area contributed by atoms with Crippen molar-refractivity contribution in [3.63, 3.8) is 0 Å². The van der Waals surface area contributed by atoms with Crippen LogP contribution in [0.15, 0.2) is 22.4 Å². The molecule has 0 unspecified atom stereocenters. The predicted octanol–water partition coefficient (Wildman–Crippen LogP) is 2.11. The quantitative estimate of drug-likeness (QED) is 0.789. The van der Waals surface area contributed by atoms with Crippen LogP contribution in [-0.2, 0) is 28.0 Å². The molecule has 1 saturated heterocycles. The van der Waals surface area contributed by atoms with Gasteiger partial charge in [0.25, 0.3) is 10.0 Å². The molecule has 1 fully saturated rings. The highest BCUT2D eigenvalue weighted by Gasteiger charge is 2.35. The summed E-state index contributed by atoms with van der Waals surface area (Å²) in [6.07, 6.45) is -2.69. The van der Waals surface area contributed by atoms with Crippen LogP contribution in [0.5, 0.6) is 0 Å². The van der Waals surface area contributed by atoms with Crippen molar-refractivity contribution in [3.05, 3.63) is 23.9 Å². The van der Waals surface area contributed by atoms with Gasteiger partial charge < -0.3 is 5.32 Å². The number of alkyl halides is 3. The van der Waals surface area contributed by atoms with Gasteiger partial charge in [-0.25, -0.2) is 8.42 Å². The van der Waals surface area contributed by atoms with Crippen LogP contribution < -0.4 is 10.0 Å². The molecule has 1 aliphatic rings. The SMILES string of the molecule is Cn1nc(-c2ccc(S(=O)(=O)N[C@H]3CCCCNC3=O)s2)cc1C(F)(F)F. The molecular formula is C15H17F3N4O3S2. The van der Waals surface area contributed by atoms with Gasteiger partial charge in [-0.15, -0.1) is 11.3 Å². The van der Waals surface area contributed by atoms with Crippen LogP contribution in [0.4, 0.5) is 13.2 Å². The maximum Gasteiger partial charge on any atom is 0.433 e. The lowest BCUT2D eigenvalue weighted by molar-refractivity contribution is -0.143. The number of hydrogen-bond acceptors (Lipinski definition) is 5. The number of carbonyl (C=O) groups excluding carboxylic acids is 1. The first-order valence-corrected chi connectivity index (χ1v) is 10.4. The summed E-state index contributed by atoms with van der Waals surface area (Å²) < 4.78 is 66.8. The van der Waals surface area contributed by atoms with Crippen LogP contribution in [0.1, 0.15) is 25.0 Å². The predicted molar refractivity (Wildman–Crippen MR) is 92.5 cm³/mol. The average molecular weight is 422 g/mol. The lowest BCUT2D eigenvalue weighted by Crippen LogP contribution is -2.45. The van der Waals surface area contributed by atoms with Gasteiger partial charge in [-0.1, -0.05) is 0 Å². The van der Waals surface area contributed by atoms with E-state index in [1.165, 1.54) is 19.2 Å². The van der Waals surface area contributed by atoms with Gasteiger partial charge in [0.05, 0.1) is 4.88 Å². The number of aromatic nitrogens is 2. The zero-order chi connectivity index (χ0) is 19.8. The summed E-state index contributed by atoms with van der Waals surface area (Å²) in [5.74, 6) is -0.382. The van der Waals surface area contributed by atoms with E-state index < -0.39 is 27.9 Å². The number of amides is 1. The Morgan fingerprint density at radius 3 is 2.74 bits per heavy atom. The number of thiophene rings is 1. The highest BCUT2D eigenvalue weighted by molar-refractivity contribution is 7.91. The fourth-order valence-electron chi connectivity index (χ4n) is 2.75. The summed E-state index contributed by atoms with van der Waals surface area (Å²) in [6.45, 7) is 0.501. The fraction of sp³-hybridized carbons (Fsp3) is 0.467. The lowest BCUT2D eigenvalue weighted by Gasteiger charge is -2.14. The number of rotatable bonds is 4. The highest BCUT2D eigenvalue weighted by Crippen LogP contribution is 2.35. The second kappa shape index (κ2) is 7.24.